The number of hydrogen-bond donors (Lipinski definition) is 1. The van der Waals surface area contributed by atoms with E-state index in [2.05, 4.69) is 0 Å². The molecule has 0 aromatic heterocycles. The molecule has 1 aromatic rings. The predicted molar refractivity (Wildman–Crippen MR) is 73.4 cm³/mol. The topological polar surface area (TPSA) is 37.3 Å². The van der Waals surface area contributed by atoms with E-state index in [1.54, 1.807) is 25.1 Å². The molecule has 0 spiro atoms. The van der Waals surface area contributed by atoms with E-state index in [4.69, 9.17) is 23.2 Å². The number of halogens is 2. The quantitative estimate of drug-likeness (QED) is 0.883. The van der Waals surface area contributed by atoms with Gasteiger partial charge in [0.05, 0.1) is 15.5 Å². The van der Waals surface area contributed by atoms with E-state index in [0.717, 1.165) is 18.4 Å². The van der Waals surface area contributed by atoms with Crippen molar-refractivity contribution in [3.63, 3.8) is 0 Å². The number of benzene rings is 1. The lowest BCUT2D eigenvalue weighted by atomic mass is 9.69. The third-order valence-electron chi connectivity index (χ3n) is 3.95. The van der Waals surface area contributed by atoms with Crippen molar-refractivity contribution >= 4 is 29.2 Å². The van der Waals surface area contributed by atoms with Gasteiger partial charge in [-0.2, -0.15) is 0 Å². The lowest BCUT2D eigenvalue weighted by Gasteiger charge is -2.34. The summed E-state index contributed by atoms with van der Waals surface area (Å²) in [7, 11) is 0. The van der Waals surface area contributed by atoms with Gasteiger partial charge in [0, 0.05) is 0 Å². The van der Waals surface area contributed by atoms with Crippen LogP contribution in [-0.4, -0.2) is 11.1 Å². The fraction of sp³-hybridized carbons (Fsp3) is 0.500. The molecule has 1 aromatic carbocycles. The fourth-order valence-electron chi connectivity index (χ4n) is 2.44. The molecule has 4 heteroatoms. The summed E-state index contributed by atoms with van der Waals surface area (Å²) in [6.07, 6.45) is 4.14. The zero-order chi connectivity index (χ0) is 13.3. The number of carboxylic acid groups (broad SMARTS) is 1. The molecule has 0 heterocycles. The Morgan fingerprint density at radius 1 is 1.39 bits per heavy atom. The zero-order valence-corrected chi connectivity index (χ0v) is 11.8. The van der Waals surface area contributed by atoms with Crippen LogP contribution in [-0.2, 0) is 10.2 Å². The second-order valence-electron chi connectivity index (χ2n) is 5.27. The highest BCUT2D eigenvalue weighted by Crippen LogP contribution is 2.40. The van der Waals surface area contributed by atoms with Gasteiger partial charge in [0.15, 0.2) is 0 Å². The first-order chi connectivity index (χ1) is 8.43. The Morgan fingerprint density at radius 2 is 2.06 bits per heavy atom. The Kier molecular flexibility index (Phi) is 3.88. The van der Waals surface area contributed by atoms with Crippen LogP contribution in [0.2, 0.25) is 10.0 Å². The zero-order valence-electron chi connectivity index (χ0n) is 10.2. The van der Waals surface area contributed by atoms with Crippen LogP contribution in [0.15, 0.2) is 18.2 Å². The molecule has 0 saturated heterocycles. The van der Waals surface area contributed by atoms with Crippen molar-refractivity contribution in [2.24, 2.45) is 5.92 Å². The first-order valence-corrected chi connectivity index (χ1v) is 6.88. The van der Waals surface area contributed by atoms with Gasteiger partial charge in [-0.15, -0.1) is 0 Å². The van der Waals surface area contributed by atoms with Crippen molar-refractivity contribution in [3.8, 4) is 0 Å². The van der Waals surface area contributed by atoms with Gasteiger partial charge < -0.3 is 5.11 Å². The molecule has 2 nitrogen and oxygen atoms in total. The Bertz CT molecular complexity index is 469. The minimum absolute atomic E-state index is 0.412. The highest BCUT2D eigenvalue weighted by Gasteiger charge is 2.39. The largest absolute Gasteiger partial charge is 0.481 e. The van der Waals surface area contributed by atoms with Gasteiger partial charge in [0.2, 0.25) is 0 Å². The predicted octanol–water partition coefficient (Wildman–Crippen LogP) is 4.53. The smallest absolute Gasteiger partial charge is 0.313 e. The maximum absolute atomic E-state index is 11.6. The van der Waals surface area contributed by atoms with E-state index < -0.39 is 11.4 Å². The molecule has 1 N–H and O–H groups in total. The first-order valence-electron chi connectivity index (χ1n) is 6.12. The summed E-state index contributed by atoms with van der Waals surface area (Å²) >= 11 is 11.9. The van der Waals surface area contributed by atoms with Crippen molar-refractivity contribution < 1.29 is 9.90 Å². The van der Waals surface area contributed by atoms with Gasteiger partial charge >= 0.3 is 5.97 Å². The molecule has 0 radical (unpaired) electrons. The number of hydrogen-bond acceptors (Lipinski definition) is 1. The van der Waals surface area contributed by atoms with Crippen LogP contribution in [0, 0.1) is 5.92 Å². The summed E-state index contributed by atoms with van der Waals surface area (Å²) in [5.41, 5.74) is -0.143. The average molecular weight is 287 g/mol. The standard InChI is InChI=1S/C14H16Cl2O2/c1-14(13(17)18,8-9-3-2-4-9)10-5-6-11(15)12(16)7-10/h5-7,9H,2-4,8H2,1H3,(H,17,18). The van der Waals surface area contributed by atoms with E-state index in [9.17, 15) is 9.90 Å². The van der Waals surface area contributed by atoms with Crippen molar-refractivity contribution in [3.05, 3.63) is 33.8 Å². The minimum atomic E-state index is -0.876. The maximum Gasteiger partial charge on any atom is 0.313 e. The summed E-state index contributed by atoms with van der Waals surface area (Å²) in [4.78, 5) is 11.6. The third kappa shape index (κ3) is 2.50. The highest BCUT2D eigenvalue weighted by atomic mass is 35.5. The van der Waals surface area contributed by atoms with E-state index >= 15 is 0 Å². The fourth-order valence-corrected chi connectivity index (χ4v) is 2.74. The third-order valence-corrected chi connectivity index (χ3v) is 4.69. The van der Waals surface area contributed by atoms with Crippen LogP contribution in [0.4, 0.5) is 0 Å². The molecule has 1 atom stereocenters. The SMILES string of the molecule is CC(CC1CCC1)(C(=O)O)c1ccc(Cl)c(Cl)c1. The number of aliphatic carboxylic acids is 1. The van der Waals surface area contributed by atoms with E-state index in [-0.39, 0.29) is 0 Å². The molecular weight excluding hydrogens is 271 g/mol. The molecule has 18 heavy (non-hydrogen) atoms. The number of rotatable bonds is 4. The highest BCUT2D eigenvalue weighted by molar-refractivity contribution is 6.42. The molecule has 0 aliphatic heterocycles. The molecule has 1 unspecified atom stereocenters. The van der Waals surface area contributed by atoms with E-state index in [0.29, 0.717) is 22.4 Å². The van der Waals surface area contributed by atoms with Crippen molar-refractivity contribution in [2.75, 3.05) is 0 Å². The van der Waals surface area contributed by atoms with Crippen molar-refractivity contribution in [1.82, 2.24) is 0 Å². The average Bonchev–Trinajstić information content (AvgIpc) is 2.26. The summed E-state index contributed by atoms with van der Waals surface area (Å²) in [6.45, 7) is 1.77. The van der Waals surface area contributed by atoms with Crippen LogP contribution in [0.5, 0.6) is 0 Å². The summed E-state index contributed by atoms with van der Waals surface area (Å²) in [5, 5.41) is 10.4. The van der Waals surface area contributed by atoms with Gasteiger partial charge in [0.25, 0.3) is 0 Å². The van der Waals surface area contributed by atoms with Crippen LogP contribution in [0.1, 0.15) is 38.2 Å². The Balaban J connectivity index is 2.32. The van der Waals surface area contributed by atoms with Crippen LogP contribution < -0.4 is 0 Å². The summed E-state index contributed by atoms with van der Waals surface area (Å²) in [5.74, 6) is -0.284. The van der Waals surface area contributed by atoms with Crippen molar-refractivity contribution in [2.45, 2.75) is 38.0 Å². The molecule has 1 saturated carbocycles. The van der Waals surface area contributed by atoms with Crippen LogP contribution >= 0.6 is 23.2 Å². The Hall–Kier alpha value is -0.730. The van der Waals surface area contributed by atoms with E-state index in [1.165, 1.54) is 6.42 Å². The second kappa shape index (κ2) is 5.10. The molecule has 1 aliphatic rings. The first kappa shape index (κ1) is 13.7. The number of carboxylic acids is 1. The lowest BCUT2D eigenvalue weighted by Crippen LogP contribution is -2.36. The van der Waals surface area contributed by atoms with Gasteiger partial charge in [0.1, 0.15) is 0 Å². The van der Waals surface area contributed by atoms with Gasteiger partial charge in [-0.05, 0) is 37.0 Å². The van der Waals surface area contributed by atoms with E-state index in [1.807, 2.05) is 0 Å². The molecule has 1 fully saturated rings. The molecule has 1 aliphatic carbocycles. The Morgan fingerprint density at radius 3 is 2.50 bits per heavy atom. The lowest BCUT2D eigenvalue weighted by molar-refractivity contribution is -0.144. The maximum atomic E-state index is 11.6. The minimum Gasteiger partial charge on any atom is -0.481 e. The monoisotopic (exact) mass is 286 g/mol. The molecule has 98 valence electrons. The molecule has 0 amide bonds. The summed E-state index contributed by atoms with van der Waals surface area (Å²) < 4.78 is 0. The van der Waals surface area contributed by atoms with Gasteiger partial charge in [-0.1, -0.05) is 48.5 Å². The number of carbonyl (C=O) groups is 1. The van der Waals surface area contributed by atoms with Crippen molar-refractivity contribution in [1.29, 1.82) is 0 Å². The molecular formula is C14H16Cl2O2. The summed E-state index contributed by atoms with van der Waals surface area (Å²) in [6, 6.07) is 5.11. The normalized spacial score (nSPS) is 19.1. The Labute approximate surface area is 117 Å². The van der Waals surface area contributed by atoms with Crippen LogP contribution in [0.3, 0.4) is 0 Å². The van der Waals surface area contributed by atoms with Gasteiger partial charge in [-0.3, -0.25) is 4.79 Å². The molecule has 0 bridgehead atoms. The van der Waals surface area contributed by atoms with Gasteiger partial charge in [-0.25, -0.2) is 0 Å². The second-order valence-corrected chi connectivity index (χ2v) is 6.08. The van der Waals surface area contributed by atoms with Crippen LogP contribution in [0.25, 0.3) is 0 Å². The molecule has 2 rings (SSSR count).